The number of amides is 1. The number of carbonyl (C=O) groups is 1. The van der Waals surface area contributed by atoms with Gasteiger partial charge >= 0.3 is 0 Å². The van der Waals surface area contributed by atoms with Crippen LogP contribution in [0.3, 0.4) is 0 Å². The first kappa shape index (κ1) is 18.9. The van der Waals surface area contributed by atoms with E-state index in [0.717, 1.165) is 11.8 Å². The standard InChI is InChI=1S/C12H19N3O3S.ClH/c1-19(17,18)15-8-7-14-12(16)11(13)9-10-5-3-2-4-6-10;/h2-6,11,15H,7-9,13H2,1H3,(H,14,16);1H/t11-;/m0./s1. The molecule has 0 aliphatic rings. The maximum absolute atomic E-state index is 11.7. The summed E-state index contributed by atoms with van der Waals surface area (Å²) in [5.41, 5.74) is 6.75. The van der Waals surface area contributed by atoms with Crippen LogP contribution < -0.4 is 15.8 Å². The van der Waals surface area contributed by atoms with E-state index in [2.05, 4.69) is 10.0 Å². The number of rotatable bonds is 7. The zero-order valence-corrected chi connectivity index (χ0v) is 12.8. The Morgan fingerprint density at radius 3 is 2.40 bits per heavy atom. The van der Waals surface area contributed by atoms with E-state index >= 15 is 0 Å². The third kappa shape index (κ3) is 8.11. The van der Waals surface area contributed by atoms with E-state index in [-0.39, 0.29) is 31.4 Å². The van der Waals surface area contributed by atoms with Crippen LogP contribution >= 0.6 is 12.4 Å². The first-order chi connectivity index (χ1) is 8.88. The van der Waals surface area contributed by atoms with Gasteiger partial charge in [-0.2, -0.15) is 0 Å². The van der Waals surface area contributed by atoms with Gasteiger partial charge < -0.3 is 11.1 Å². The molecule has 114 valence electrons. The second-order valence-electron chi connectivity index (χ2n) is 4.25. The molecule has 0 heterocycles. The van der Waals surface area contributed by atoms with Crippen molar-refractivity contribution in [2.24, 2.45) is 5.73 Å². The summed E-state index contributed by atoms with van der Waals surface area (Å²) in [7, 11) is -3.22. The molecule has 1 rings (SSSR count). The summed E-state index contributed by atoms with van der Waals surface area (Å²) < 4.78 is 23.9. The number of hydrogen-bond acceptors (Lipinski definition) is 4. The minimum Gasteiger partial charge on any atom is -0.353 e. The van der Waals surface area contributed by atoms with Crippen LogP contribution in [0.1, 0.15) is 5.56 Å². The molecule has 6 nitrogen and oxygen atoms in total. The van der Waals surface area contributed by atoms with Crippen molar-refractivity contribution in [2.75, 3.05) is 19.3 Å². The SMILES string of the molecule is CS(=O)(=O)NCCNC(=O)[C@@H](N)Cc1ccccc1.Cl. The molecule has 4 N–H and O–H groups in total. The Hall–Kier alpha value is -1.15. The van der Waals surface area contributed by atoms with Gasteiger partial charge in [0.15, 0.2) is 0 Å². The summed E-state index contributed by atoms with van der Waals surface area (Å²) in [4.78, 5) is 11.7. The van der Waals surface area contributed by atoms with E-state index in [1.165, 1.54) is 0 Å². The van der Waals surface area contributed by atoms with Crippen molar-refractivity contribution in [3.8, 4) is 0 Å². The van der Waals surface area contributed by atoms with Crippen LogP contribution in [0, 0.1) is 0 Å². The maximum atomic E-state index is 11.7. The average Bonchev–Trinajstić information content (AvgIpc) is 2.34. The molecule has 0 aliphatic carbocycles. The topological polar surface area (TPSA) is 101 Å². The molecule has 20 heavy (non-hydrogen) atoms. The monoisotopic (exact) mass is 321 g/mol. The highest BCUT2D eigenvalue weighted by molar-refractivity contribution is 7.88. The van der Waals surface area contributed by atoms with Crippen molar-refractivity contribution in [1.82, 2.24) is 10.0 Å². The molecule has 1 atom stereocenters. The first-order valence-corrected chi connectivity index (χ1v) is 7.79. The summed E-state index contributed by atoms with van der Waals surface area (Å²) in [5, 5.41) is 2.58. The van der Waals surface area contributed by atoms with Crippen molar-refractivity contribution in [3.63, 3.8) is 0 Å². The van der Waals surface area contributed by atoms with E-state index in [4.69, 9.17) is 5.73 Å². The third-order valence-corrected chi connectivity index (χ3v) is 3.15. The van der Waals surface area contributed by atoms with Gasteiger partial charge in [-0.3, -0.25) is 4.79 Å². The minimum atomic E-state index is -3.22. The van der Waals surface area contributed by atoms with Crippen LogP contribution in [-0.2, 0) is 21.2 Å². The molecule has 0 radical (unpaired) electrons. The van der Waals surface area contributed by atoms with Crippen molar-refractivity contribution < 1.29 is 13.2 Å². The zero-order valence-electron chi connectivity index (χ0n) is 11.2. The molecule has 8 heteroatoms. The van der Waals surface area contributed by atoms with Gasteiger partial charge in [0.2, 0.25) is 15.9 Å². The number of hydrogen-bond donors (Lipinski definition) is 3. The van der Waals surface area contributed by atoms with E-state index in [1.54, 1.807) is 0 Å². The molecular formula is C12H20ClN3O3S. The van der Waals surface area contributed by atoms with Gasteiger partial charge in [-0.05, 0) is 12.0 Å². The average molecular weight is 322 g/mol. The lowest BCUT2D eigenvalue weighted by Crippen LogP contribution is -2.44. The smallest absolute Gasteiger partial charge is 0.237 e. The van der Waals surface area contributed by atoms with Gasteiger partial charge in [0.05, 0.1) is 12.3 Å². The Morgan fingerprint density at radius 1 is 1.25 bits per heavy atom. The number of nitrogens with one attached hydrogen (secondary N) is 2. The van der Waals surface area contributed by atoms with E-state index < -0.39 is 16.1 Å². The largest absolute Gasteiger partial charge is 0.353 e. The molecule has 1 amide bonds. The van der Waals surface area contributed by atoms with E-state index in [1.807, 2.05) is 30.3 Å². The Balaban J connectivity index is 0.00000361. The Morgan fingerprint density at radius 2 is 1.85 bits per heavy atom. The summed E-state index contributed by atoms with van der Waals surface area (Å²) >= 11 is 0. The predicted octanol–water partition coefficient (Wildman–Crippen LogP) is -0.356. The predicted molar refractivity (Wildman–Crippen MR) is 81.2 cm³/mol. The number of benzene rings is 1. The summed E-state index contributed by atoms with van der Waals surface area (Å²) in [6, 6.07) is 8.83. The molecule has 0 aliphatic heterocycles. The lowest BCUT2D eigenvalue weighted by atomic mass is 10.1. The molecule has 0 unspecified atom stereocenters. The van der Waals surface area contributed by atoms with Crippen LogP contribution in [-0.4, -0.2) is 39.7 Å². The lowest BCUT2D eigenvalue weighted by molar-refractivity contribution is -0.122. The third-order valence-electron chi connectivity index (χ3n) is 2.42. The molecule has 1 aromatic rings. The van der Waals surface area contributed by atoms with Crippen molar-refractivity contribution in [3.05, 3.63) is 35.9 Å². The molecule has 0 fully saturated rings. The van der Waals surface area contributed by atoms with Gasteiger partial charge in [0.1, 0.15) is 0 Å². The fraction of sp³-hybridized carbons (Fsp3) is 0.417. The molecule has 0 saturated heterocycles. The van der Waals surface area contributed by atoms with Gasteiger partial charge in [-0.1, -0.05) is 30.3 Å². The number of carbonyl (C=O) groups excluding carboxylic acids is 1. The number of sulfonamides is 1. The van der Waals surface area contributed by atoms with E-state index in [9.17, 15) is 13.2 Å². The normalized spacial score (nSPS) is 12.3. The number of nitrogens with two attached hydrogens (primary N) is 1. The second kappa shape index (κ2) is 8.91. The summed E-state index contributed by atoms with van der Waals surface area (Å²) in [6.45, 7) is 0.372. The van der Waals surface area contributed by atoms with Crippen molar-refractivity contribution in [2.45, 2.75) is 12.5 Å². The highest BCUT2D eigenvalue weighted by Crippen LogP contribution is 2.01. The highest BCUT2D eigenvalue weighted by Gasteiger charge is 2.13. The molecule has 0 bridgehead atoms. The zero-order chi connectivity index (χ0) is 14.3. The van der Waals surface area contributed by atoms with Crippen LogP contribution in [0.25, 0.3) is 0 Å². The fourth-order valence-corrected chi connectivity index (χ4v) is 1.99. The van der Waals surface area contributed by atoms with Gasteiger partial charge in [-0.15, -0.1) is 12.4 Å². The Kier molecular flexibility index (Phi) is 8.40. The van der Waals surface area contributed by atoms with Gasteiger partial charge in [-0.25, -0.2) is 13.1 Å². The molecule has 0 aromatic heterocycles. The van der Waals surface area contributed by atoms with Crippen molar-refractivity contribution >= 4 is 28.3 Å². The maximum Gasteiger partial charge on any atom is 0.237 e. The molecule has 1 aromatic carbocycles. The minimum absolute atomic E-state index is 0. The van der Waals surface area contributed by atoms with Crippen LogP contribution in [0.2, 0.25) is 0 Å². The van der Waals surface area contributed by atoms with Gasteiger partial charge in [0, 0.05) is 13.1 Å². The molecular weight excluding hydrogens is 302 g/mol. The van der Waals surface area contributed by atoms with Crippen LogP contribution in [0.5, 0.6) is 0 Å². The first-order valence-electron chi connectivity index (χ1n) is 5.90. The van der Waals surface area contributed by atoms with Crippen LogP contribution in [0.4, 0.5) is 0 Å². The van der Waals surface area contributed by atoms with Crippen LogP contribution in [0.15, 0.2) is 30.3 Å². The summed E-state index contributed by atoms with van der Waals surface area (Å²) in [5.74, 6) is -0.292. The quantitative estimate of drug-likeness (QED) is 0.597. The van der Waals surface area contributed by atoms with E-state index in [0.29, 0.717) is 6.42 Å². The fourth-order valence-electron chi connectivity index (χ4n) is 1.51. The Labute approximate surface area is 125 Å². The second-order valence-corrected chi connectivity index (χ2v) is 6.09. The van der Waals surface area contributed by atoms with Crippen molar-refractivity contribution in [1.29, 1.82) is 0 Å². The number of halogens is 1. The van der Waals surface area contributed by atoms with Gasteiger partial charge in [0.25, 0.3) is 0 Å². The molecule has 0 saturated carbocycles. The lowest BCUT2D eigenvalue weighted by Gasteiger charge is -2.12. The Bertz CT molecular complexity index is 508. The molecule has 0 spiro atoms. The highest BCUT2D eigenvalue weighted by atomic mass is 35.5. The summed E-state index contributed by atoms with van der Waals surface area (Å²) in [6.07, 6.45) is 1.52.